The van der Waals surface area contributed by atoms with E-state index >= 15 is 0 Å². The van der Waals surface area contributed by atoms with E-state index in [2.05, 4.69) is 24.3 Å². The minimum atomic E-state index is -0.198. The van der Waals surface area contributed by atoms with Gasteiger partial charge in [-0.15, -0.1) is 0 Å². The summed E-state index contributed by atoms with van der Waals surface area (Å²) in [5.41, 5.74) is 4.75. The lowest BCUT2D eigenvalue weighted by Crippen LogP contribution is -2.37. The molecule has 0 spiro atoms. The fourth-order valence-electron chi connectivity index (χ4n) is 4.78. The fraction of sp³-hybridized carbons (Fsp3) is 0.478. The highest BCUT2D eigenvalue weighted by Crippen LogP contribution is 2.47. The van der Waals surface area contributed by atoms with Gasteiger partial charge < -0.3 is 14.2 Å². The quantitative estimate of drug-likeness (QED) is 0.756. The van der Waals surface area contributed by atoms with Crippen LogP contribution >= 0.6 is 0 Å². The topological polar surface area (TPSA) is 27.7 Å². The van der Waals surface area contributed by atoms with E-state index in [1.807, 2.05) is 6.07 Å². The molecule has 0 amide bonds. The maximum Gasteiger partial charge on any atom is 0.158 e. The van der Waals surface area contributed by atoms with Crippen molar-refractivity contribution in [2.45, 2.75) is 56.5 Å². The van der Waals surface area contributed by atoms with Crippen LogP contribution in [0.15, 0.2) is 42.5 Å². The third-order valence-electron chi connectivity index (χ3n) is 6.08. The first kappa shape index (κ1) is 17.4. The molecule has 2 aliphatic heterocycles. The summed E-state index contributed by atoms with van der Waals surface area (Å²) in [7, 11) is 0. The number of halogens is 1. The zero-order valence-corrected chi connectivity index (χ0v) is 15.4. The van der Waals surface area contributed by atoms with Gasteiger partial charge >= 0.3 is 0 Å². The number of rotatable bonds is 2. The second kappa shape index (κ2) is 7.34. The highest BCUT2D eigenvalue weighted by Gasteiger charge is 2.39. The molecule has 3 nitrogen and oxygen atoms in total. The molecule has 4 atom stereocenters. The number of benzene rings is 2. The van der Waals surface area contributed by atoms with E-state index in [4.69, 9.17) is 14.2 Å². The molecule has 2 aromatic carbocycles. The zero-order valence-electron chi connectivity index (χ0n) is 15.4. The van der Waals surface area contributed by atoms with Gasteiger partial charge in [0.05, 0.1) is 18.8 Å². The van der Waals surface area contributed by atoms with Crippen molar-refractivity contribution in [2.75, 3.05) is 13.2 Å². The van der Waals surface area contributed by atoms with Crippen LogP contribution in [0.3, 0.4) is 0 Å². The van der Waals surface area contributed by atoms with Gasteiger partial charge in [0.15, 0.2) is 6.29 Å². The first-order valence-electron chi connectivity index (χ1n) is 10.0. The van der Waals surface area contributed by atoms with Gasteiger partial charge in [0.25, 0.3) is 0 Å². The van der Waals surface area contributed by atoms with E-state index in [-0.39, 0.29) is 30.2 Å². The van der Waals surface area contributed by atoms with Crippen LogP contribution in [-0.2, 0) is 20.6 Å². The molecule has 0 saturated carbocycles. The lowest BCUT2D eigenvalue weighted by Gasteiger charge is -2.38. The molecule has 0 bridgehead atoms. The van der Waals surface area contributed by atoms with E-state index in [0.29, 0.717) is 6.61 Å². The highest BCUT2D eigenvalue weighted by atomic mass is 19.1. The molecule has 2 saturated heterocycles. The molecule has 27 heavy (non-hydrogen) atoms. The van der Waals surface area contributed by atoms with Gasteiger partial charge in [-0.2, -0.15) is 0 Å². The van der Waals surface area contributed by atoms with Crippen molar-refractivity contribution in [1.82, 2.24) is 0 Å². The number of ether oxygens (including phenoxy) is 3. The second-order valence-corrected chi connectivity index (χ2v) is 7.87. The average Bonchev–Trinajstić information content (AvgIpc) is 2.83. The first-order chi connectivity index (χ1) is 13.3. The van der Waals surface area contributed by atoms with E-state index in [0.717, 1.165) is 49.8 Å². The maximum absolute atomic E-state index is 14.0. The van der Waals surface area contributed by atoms with Crippen LogP contribution in [0.25, 0.3) is 0 Å². The Hall–Kier alpha value is -1.75. The summed E-state index contributed by atoms with van der Waals surface area (Å²) in [6.45, 7) is 1.30. The third kappa shape index (κ3) is 3.42. The van der Waals surface area contributed by atoms with Crippen LogP contribution in [0.4, 0.5) is 4.39 Å². The summed E-state index contributed by atoms with van der Waals surface area (Å²) in [4.78, 5) is 0. The predicted molar refractivity (Wildman–Crippen MR) is 100 cm³/mol. The summed E-state index contributed by atoms with van der Waals surface area (Å²) in [5.74, 6) is -0.0253. The largest absolute Gasteiger partial charge is 0.370 e. The Morgan fingerprint density at radius 1 is 0.963 bits per heavy atom. The lowest BCUT2D eigenvalue weighted by atomic mass is 9.83. The van der Waals surface area contributed by atoms with E-state index in [1.165, 1.54) is 11.1 Å². The molecule has 2 heterocycles. The van der Waals surface area contributed by atoms with Crippen molar-refractivity contribution in [3.05, 3.63) is 70.5 Å². The smallest absolute Gasteiger partial charge is 0.158 e. The molecule has 0 radical (unpaired) electrons. The van der Waals surface area contributed by atoms with Crippen LogP contribution < -0.4 is 0 Å². The van der Waals surface area contributed by atoms with Gasteiger partial charge in [-0.3, -0.25) is 0 Å². The van der Waals surface area contributed by atoms with Crippen molar-refractivity contribution in [1.29, 1.82) is 0 Å². The van der Waals surface area contributed by atoms with Gasteiger partial charge in [0.2, 0.25) is 0 Å². The van der Waals surface area contributed by atoms with Crippen LogP contribution in [-0.4, -0.2) is 25.6 Å². The van der Waals surface area contributed by atoms with Gasteiger partial charge in [-0.05, 0) is 66.5 Å². The Bertz CT molecular complexity index is 815. The molecule has 4 heteroatoms. The van der Waals surface area contributed by atoms with E-state index < -0.39 is 0 Å². The van der Waals surface area contributed by atoms with Gasteiger partial charge in [-0.1, -0.05) is 30.3 Å². The normalized spacial score (nSPS) is 30.0. The molecule has 3 aliphatic rings. The van der Waals surface area contributed by atoms with Crippen molar-refractivity contribution >= 4 is 0 Å². The summed E-state index contributed by atoms with van der Waals surface area (Å²) < 4.78 is 32.3. The molecule has 5 rings (SSSR count). The summed E-state index contributed by atoms with van der Waals surface area (Å²) in [6.07, 6.45) is 4.69. The van der Waals surface area contributed by atoms with Crippen molar-refractivity contribution in [2.24, 2.45) is 0 Å². The number of fused-ring (bicyclic) bond motifs is 5. The van der Waals surface area contributed by atoms with Gasteiger partial charge in [0, 0.05) is 12.5 Å². The molecule has 0 N–H and O–H groups in total. The monoisotopic (exact) mass is 368 g/mol. The Balaban J connectivity index is 1.46. The minimum Gasteiger partial charge on any atom is -0.370 e. The number of hydrogen-bond donors (Lipinski definition) is 0. The summed E-state index contributed by atoms with van der Waals surface area (Å²) in [6, 6.07) is 13.7. The number of hydrogen-bond acceptors (Lipinski definition) is 3. The van der Waals surface area contributed by atoms with Gasteiger partial charge in [0.1, 0.15) is 5.82 Å². The Labute approximate surface area is 159 Å². The zero-order chi connectivity index (χ0) is 18.2. The van der Waals surface area contributed by atoms with Gasteiger partial charge in [-0.25, -0.2) is 4.39 Å². The van der Waals surface area contributed by atoms with Crippen LogP contribution in [0, 0.1) is 5.82 Å². The summed E-state index contributed by atoms with van der Waals surface area (Å²) in [5, 5.41) is 0. The SMILES string of the molecule is Fc1ccc2c(c1)[C@H]1OCC(OC3CCCCO3)C[C@@H]1c1ccccc1C2. The predicted octanol–water partition coefficient (Wildman–Crippen LogP) is 4.89. The molecule has 2 unspecified atom stereocenters. The van der Waals surface area contributed by atoms with E-state index in [1.54, 1.807) is 12.1 Å². The van der Waals surface area contributed by atoms with Crippen molar-refractivity contribution in [3.63, 3.8) is 0 Å². The van der Waals surface area contributed by atoms with Crippen LogP contribution in [0.1, 0.15) is 60.0 Å². The van der Waals surface area contributed by atoms with Crippen LogP contribution in [0.5, 0.6) is 0 Å². The second-order valence-electron chi connectivity index (χ2n) is 7.87. The lowest BCUT2D eigenvalue weighted by molar-refractivity contribution is -0.215. The fourth-order valence-corrected chi connectivity index (χ4v) is 4.78. The molecule has 142 valence electrons. The van der Waals surface area contributed by atoms with E-state index in [9.17, 15) is 4.39 Å². The molecule has 0 aromatic heterocycles. The Kier molecular flexibility index (Phi) is 4.72. The molecular formula is C23H25FO3. The molecule has 1 aliphatic carbocycles. The Morgan fingerprint density at radius 3 is 2.74 bits per heavy atom. The summed E-state index contributed by atoms with van der Waals surface area (Å²) >= 11 is 0. The third-order valence-corrected chi connectivity index (χ3v) is 6.08. The first-order valence-corrected chi connectivity index (χ1v) is 10.0. The molecular weight excluding hydrogens is 343 g/mol. The minimum absolute atomic E-state index is 0.0116. The maximum atomic E-state index is 14.0. The van der Waals surface area contributed by atoms with Crippen molar-refractivity contribution < 1.29 is 18.6 Å². The average molecular weight is 368 g/mol. The van der Waals surface area contributed by atoms with Crippen molar-refractivity contribution in [3.8, 4) is 0 Å². The standard InChI is InChI=1S/C23H25FO3/c24-17-9-8-16-11-15-5-1-2-6-19(15)21-13-18(14-26-23(21)20(16)12-17)27-22-7-3-4-10-25-22/h1-2,5-6,8-9,12,18,21-23H,3-4,7,10-11,13-14H2/t18?,21-,22?,23-/m1/s1. The highest BCUT2D eigenvalue weighted by molar-refractivity contribution is 5.44. The van der Waals surface area contributed by atoms with Crippen LogP contribution in [0.2, 0.25) is 0 Å². The molecule has 2 fully saturated rings. The Morgan fingerprint density at radius 2 is 1.85 bits per heavy atom. The molecule has 2 aromatic rings.